The van der Waals surface area contributed by atoms with Gasteiger partial charge in [0.2, 0.25) is 5.95 Å². The van der Waals surface area contributed by atoms with Crippen LogP contribution in [0.3, 0.4) is 0 Å². The fraction of sp³-hybridized carbons (Fsp3) is 0.727. The quantitative estimate of drug-likeness (QED) is 0.695. The number of aromatic nitrogens is 3. The van der Waals surface area contributed by atoms with Gasteiger partial charge in [-0.2, -0.15) is 9.97 Å². The van der Waals surface area contributed by atoms with Crippen LogP contribution in [0, 0.1) is 0 Å². The first-order valence-corrected chi connectivity index (χ1v) is 6.00. The number of nitrogens with two attached hydrogens (primary N) is 1. The lowest BCUT2D eigenvalue weighted by molar-refractivity contribution is 0.0964. The predicted molar refractivity (Wildman–Crippen MR) is 66.6 cm³/mol. The summed E-state index contributed by atoms with van der Waals surface area (Å²) in [5.41, 5.74) is 5.53. The van der Waals surface area contributed by atoms with Crippen molar-refractivity contribution in [2.24, 2.45) is 0 Å². The van der Waals surface area contributed by atoms with E-state index in [9.17, 15) is 0 Å². The van der Waals surface area contributed by atoms with Crippen LogP contribution in [0.5, 0.6) is 12.0 Å². The number of hydrogen-bond acceptors (Lipinski definition) is 7. The number of ether oxygens (including phenoxy) is 3. The van der Waals surface area contributed by atoms with E-state index in [-0.39, 0.29) is 24.1 Å². The summed E-state index contributed by atoms with van der Waals surface area (Å²) in [7, 11) is 0. The van der Waals surface area contributed by atoms with Gasteiger partial charge in [-0.1, -0.05) is 6.92 Å². The summed E-state index contributed by atoms with van der Waals surface area (Å²) in [4.78, 5) is 11.7. The Morgan fingerprint density at radius 3 is 2.44 bits per heavy atom. The van der Waals surface area contributed by atoms with Crippen molar-refractivity contribution in [1.82, 2.24) is 15.0 Å². The second kappa shape index (κ2) is 7.65. The highest BCUT2D eigenvalue weighted by atomic mass is 16.5. The Morgan fingerprint density at radius 2 is 1.78 bits per heavy atom. The van der Waals surface area contributed by atoms with Gasteiger partial charge in [0.25, 0.3) is 0 Å². The second-order valence-corrected chi connectivity index (χ2v) is 3.89. The van der Waals surface area contributed by atoms with Gasteiger partial charge in [0, 0.05) is 6.61 Å². The molecular weight excluding hydrogens is 236 g/mol. The normalized spacial score (nSPS) is 10.7. The molecule has 0 saturated heterocycles. The molecule has 0 amide bonds. The van der Waals surface area contributed by atoms with Gasteiger partial charge in [0.05, 0.1) is 12.7 Å². The Balaban J connectivity index is 2.46. The van der Waals surface area contributed by atoms with E-state index in [1.54, 1.807) is 0 Å². The molecule has 7 nitrogen and oxygen atoms in total. The molecular formula is C11H20N4O3. The summed E-state index contributed by atoms with van der Waals surface area (Å²) >= 11 is 0. The molecule has 102 valence electrons. The van der Waals surface area contributed by atoms with E-state index >= 15 is 0 Å². The Morgan fingerprint density at radius 1 is 1.06 bits per heavy atom. The van der Waals surface area contributed by atoms with Gasteiger partial charge in [-0.3, -0.25) is 0 Å². The van der Waals surface area contributed by atoms with E-state index in [1.807, 2.05) is 20.8 Å². The maximum atomic E-state index is 5.53. The molecule has 0 unspecified atom stereocenters. The van der Waals surface area contributed by atoms with Gasteiger partial charge >= 0.3 is 12.0 Å². The first-order valence-electron chi connectivity index (χ1n) is 6.00. The summed E-state index contributed by atoms with van der Waals surface area (Å²) in [6, 6.07) is 0.320. The first kappa shape index (κ1) is 14.4. The molecule has 0 atom stereocenters. The van der Waals surface area contributed by atoms with E-state index in [2.05, 4.69) is 15.0 Å². The van der Waals surface area contributed by atoms with Crippen LogP contribution in [0.1, 0.15) is 27.2 Å². The van der Waals surface area contributed by atoms with E-state index in [0.717, 1.165) is 6.42 Å². The first-order chi connectivity index (χ1) is 8.61. The summed E-state index contributed by atoms with van der Waals surface area (Å²) in [5.74, 6) is 0.0742. The number of rotatable bonds is 8. The van der Waals surface area contributed by atoms with Crippen LogP contribution in [-0.2, 0) is 4.74 Å². The Labute approximate surface area is 107 Å². The third kappa shape index (κ3) is 5.62. The molecule has 1 aromatic heterocycles. The monoisotopic (exact) mass is 256 g/mol. The minimum Gasteiger partial charge on any atom is -0.461 e. The molecule has 0 aliphatic heterocycles. The lowest BCUT2D eigenvalue weighted by Gasteiger charge is -2.09. The van der Waals surface area contributed by atoms with Crippen molar-refractivity contribution in [2.45, 2.75) is 33.3 Å². The van der Waals surface area contributed by atoms with Crippen molar-refractivity contribution in [2.75, 3.05) is 25.6 Å². The van der Waals surface area contributed by atoms with E-state index in [1.165, 1.54) is 0 Å². The molecule has 1 rings (SSSR count). The molecule has 2 N–H and O–H groups in total. The molecule has 0 saturated carbocycles. The zero-order chi connectivity index (χ0) is 13.4. The average Bonchev–Trinajstić information content (AvgIpc) is 2.27. The number of anilines is 1. The maximum Gasteiger partial charge on any atom is 0.324 e. The molecule has 0 bridgehead atoms. The van der Waals surface area contributed by atoms with Gasteiger partial charge in [-0.25, -0.2) is 0 Å². The van der Waals surface area contributed by atoms with Crippen LogP contribution in [0.2, 0.25) is 0 Å². The minimum atomic E-state index is -0.0347. The highest BCUT2D eigenvalue weighted by Crippen LogP contribution is 2.11. The van der Waals surface area contributed by atoms with Crippen LogP contribution in [0.4, 0.5) is 5.95 Å². The van der Waals surface area contributed by atoms with Crippen LogP contribution >= 0.6 is 0 Å². The topological polar surface area (TPSA) is 92.4 Å². The van der Waals surface area contributed by atoms with Crippen LogP contribution in [0.15, 0.2) is 0 Å². The standard InChI is InChI=1S/C11H20N4O3/c1-4-5-16-6-7-17-10-13-9(12)14-11(15-10)18-8(2)3/h8H,4-7H2,1-3H3,(H2,12,13,14,15). The molecule has 7 heteroatoms. The Bertz CT molecular complexity index is 360. The van der Waals surface area contributed by atoms with Gasteiger partial charge < -0.3 is 19.9 Å². The molecule has 0 aliphatic rings. The van der Waals surface area contributed by atoms with E-state index in [0.29, 0.717) is 19.8 Å². The summed E-state index contributed by atoms with van der Waals surface area (Å²) in [6.45, 7) is 7.36. The second-order valence-electron chi connectivity index (χ2n) is 3.89. The van der Waals surface area contributed by atoms with Crippen LogP contribution in [-0.4, -0.2) is 40.9 Å². The number of nitrogen functional groups attached to an aromatic ring is 1. The zero-order valence-electron chi connectivity index (χ0n) is 11.0. The lowest BCUT2D eigenvalue weighted by Crippen LogP contribution is -2.13. The molecule has 0 aliphatic carbocycles. The van der Waals surface area contributed by atoms with E-state index < -0.39 is 0 Å². The smallest absolute Gasteiger partial charge is 0.324 e. The lowest BCUT2D eigenvalue weighted by atomic mass is 10.5. The fourth-order valence-electron chi connectivity index (χ4n) is 1.12. The molecule has 0 radical (unpaired) electrons. The molecule has 18 heavy (non-hydrogen) atoms. The predicted octanol–water partition coefficient (Wildman–Crippen LogP) is 1.05. The van der Waals surface area contributed by atoms with Gasteiger partial charge in [-0.15, -0.1) is 4.98 Å². The van der Waals surface area contributed by atoms with Gasteiger partial charge in [0.1, 0.15) is 6.61 Å². The number of hydrogen-bond donors (Lipinski definition) is 1. The fourth-order valence-corrected chi connectivity index (χ4v) is 1.12. The SMILES string of the molecule is CCCOCCOc1nc(N)nc(OC(C)C)n1. The highest BCUT2D eigenvalue weighted by molar-refractivity contribution is 5.20. The summed E-state index contributed by atoms with van der Waals surface area (Å²) < 4.78 is 15.9. The maximum absolute atomic E-state index is 5.53. The largest absolute Gasteiger partial charge is 0.461 e. The minimum absolute atomic E-state index is 0.0347. The third-order valence-electron chi connectivity index (χ3n) is 1.76. The number of nitrogens with zero attached hydrogens (tertiary/aromatic N) is 3. The molecule has 1 heterocycles. The highest BCUT2D eigenvalue weighted by Gasteiger charge is 2.07. The third-order valence-corrected chi connectivity index (χ3v) is 1.76. The van der Waals surface area contributed by atoms with Crippen molar-refractivity contribution >= 4 is 5.95 Å². The van der Waals surface area contributed by atoms with Gasteiger partial charge in [0.15, 0.2) is 0 Å². The van der Waals surface area contributed by atoms with Crippen LogP contribution in [0.25, 0.3) is 0 Å². The van der Waals surface area contributed by atoms with Crippen molar-refractivity contribution in [3.05, 3.63) is 0 Å². The Hall–Kier alpha value is -1.63. The Kier molecular flexibility index (Phi) is 6.13. The van der Waals surface area contributed by atoms with Crippen LogP contribution < -0.4 is 15.2 Å². The summed E-state index contributed by atoms with van der Waals surface area (Å²) in [5, 5.41) is 0. The zero-order valence-corrected chi connectivity index (χ0v) is 11.0. The van der Waals surface area contributed by atoms with Crippen molar-refractivity contribution in [3.8, 4) is 12.0 Å². The average molecular weight is 256 g/mol. The van der Waals surface area contributed by atoms with Crippen molar-refractivity contribution < 1.29 is 14.2 Å². The molecule has 0 fully saturated rings. The van der Waals surface area contributed by atoms with Crippen molar-refractivity contribution in [3.63, 3.8) is 0 Å². The molecule has 1 aromatic rings. The molecule has 0 aromatic carbocycles. The van der Waals surface area contributed by atoms with Crippen molar-refractivity contribution in [1.29, 1.82) is 0 Å². The summed E-state index contributed by atoms with van der Waals surface area (Å²) in [6.07, 6.45) is 0.943. The molecule has 0 spiro atoms. The van der Waals surface area contributed by atoms with E-state index in [4.69, 9.17) is 19.9 Å². The van der Waals surface area contributed by atoms with Gasteiger partial charge in [-0.05, 0) is 20.3 Å².